The molecule has 178 valence electrons. The van der Waals surface area contributed by atoms with Gasteiger partial charge in [0, 0.05) is 22.9 Å². The molecule has 0 fully saturated rings. The molecule has 6 rings (SSSR count). The highest BCUT2D eigenvalue weighted by Crippen LogP contribution is 2.42. The number of hydrogen-bond acceptors (Lipinski definition) is 2. The van der Waals surface area contributed by atoms with Crippen molar-refractivity contribution in [3.63, 3.8) is 0 Å². The molecule has 0 bridgehead atoms. The number of rotatable bonds is 6. The highest BCUT2D eigenvalue weighted by molar-refractivity contribution is 6.00. The molecule has 3 heteroatoms. The standard InChI is InChI=1S/C34H25NO2/c36-34-31(37-24-25-13-5-1-6-14-25)22-21-30-33(28-19-11-4-12-20-28)32(27-17-9-3-10-18-27)29(23-35(30)34)26-15-7-2-8-16-26/h1-23H,24H2. The van der Waals surface area contributed by atoms with Crippen LogP contribution in [0.25, 0.3) is 38.9 Å². The Morgan fingerprint density at radius 2 is 1.05 bits per heavy atom. The van der Waals surface area contributed by atoms with Crippen LogP contribution in [-0.4, -0.2) is 4.40 Å². The van der Waals surface area contributed by atoms with E-state index in [1.54, 1.807) is 10.5 Å². The topological polar surface area (TPSA) is 30.7 Å². The minimum atomic E-state index is -0.178. The van der Waals surface area contributed by atoms with Gasteiger partial charge in [-0.2, -0.15) is 0 Å². The van der Waals surface area contributed by atoms with E-state index >= 15 is 0 Å². The van der Waals surface area contributed by atoms with Gasteiger partial charge in [-0.3, -0.25) is 9.20 Å². The molecule has 3 nitrogen and oxygen atoms in total. The Balaban J connectivity index is 1.64. The second-order valence-corrected chi connectivity index (χ2v) is 8.92. The lowest BCUT2D eigenvalue weighted by Gasteiger charge is -2.20. The molecule has 0 atom stereocenters. The summed E-state index contributed by atoms with van der Waals surface area (Å²) >= 11 is 0. The summed E-state index contributed by atoms with van der Waals surface area (Å²) in [6.45, 7) is 0.335. The molecular weight excluding hydrogens is 454 g/mol. The van der Waals surface area contributed by atoms with E-state index in [1.807, 2.05) is 85.1 Å². The smallest absolute Gasteiger partial charge is 0.297 e. The zero-order valence-electron chi connectivity index (χ0n) is 20.2. The van der Waals surface area contributed by atoms with E-state index < -0.39 is 0 Å². The maximum atomic E-state index is 13.8. The Labute approximate surface area is 215 Å². The zero-order chi connectivity index (χ0) is 25.0. The summed E-state index contributed by atoms with van der Waals surface area (Å²) in [4.78, 5) is 13.8. The second-order valence-electron chi connectivity index (χ2n) is 8.92. The van der Waals surface area contributed by atoms with Crippen molar-refractivity contribution < 1.29 is 4.74 Å². The van der Waals surface area contributed by atoms with E-state index in [9.17, 15) is 4.79 Å². The van der Waals surface area contributed by atoms with Crippen molar-refractivity contribution >= 4 is 5.52 Å². The maximum absolute atomic E-state index is 13.8. The summed E-state index contributed by atoms with van der Waals surface area (Å²) in [6, 6.07) is 44.6. The van der Waals surface area contributed by atoms with Gasteiger partial charge in [0.25, 0.3) is 5.56 Å². The van der Waals surface area contributed by atoms with Gasteiger partial charge in [0.05, 0.1) is 5.52 Å². The van der Waals surface area contributed by atoms with Crippen LogP contribution in [0.4, 0.5) is 0 Å². The fraction of sp³-hybridized carbons (Fsp3) is 0.0294. The Morgan fingerprint density at radius 1 is 0.541 bits per heavy atom. The number of fused-ring (bicyclic) bond motifs is 1. The number of benzene rings is 4. The Kier molecular flexibility index (Phi) is 6.10. The average Bonchev–Trinajstić information content (AvgIpc) is 2.98. The first-order chi connectivity index (χ1) is 18.3. The van der Waals surface area contributed by atoms with Crippen molar-refractivity contribution in [1.29, 1.82) is 0 Å². The predicted octanol–water partition coefficient (Wildman–Crippen LogP) is 7.88. The van der Waals surface area contributed by atoms with Crippen LogP contribution in [0.3, 0.4) is 0 Å². The summed E-state index contributed by atoms with van der Waals surface area (Å²) < 4.78 is 7.74. The van der Waals surface area contributed by atoms with Crippen LogP contribution in [0.5, 0.6) is 5.75 Å². The number of nitrogens with zero attached hydrogens (tertiary/aromatic N) is 1. The minimum absolute atomic E-state index is 0.178. The molecular formula is C34H25NO2. The van der Waals surface area contributed by atoms with Gasteiger partial charge in [-0.05, 0) is 34.4 Å². The average molecular weight is 480 g/mol. The zero-order valence-corrected chi connectivity index (χ0v) is 20.2. The van der Waals surface area contributed by atoms with Crippen molar-refractivity contribution in [1.82, 2.24) is 4.40 Å². The lowest BCUT2D eigenvalue weighted by Crippen LogP contribution is -2.17. The van der Waals surface area contributed by atoms with E-state index in [2.05, 4.69) is 48.5 Å². The van der Waals surface area contributed by atoms with Crippen molar-refractivity contribution in [2.45, 2.75) is 6.61 Å². The molecule has 37 heavy (non-hydrogen) atoms. The second kappa shape index (κ2) is 10.00. The molecule has 0 aliphatic heterocycles. The van der Waals surface area contributed by atoms with Gasteiger partial charge in [0.15, 0.2) is 5.75 Å². The Hall–Kier alpha value is -4.89. The molecule has 0 radical (unpaired) electrons. The largest absolute Gasteiger partial charge is 0.483 e. The van der Waals surface area contributed by atoms with Crippen molar-refractivity contribution in [2.75, 3.05) is 0 Å². The van der Waals surface area contributed by atoms with Crippen molar-refractivity contribution in [2.24, 2.45) is 0 Å². The first kappa shape index (κ1) is 22.6. The highest BCUT2D eigenvalue weighted by atomic mass is 16.5. The molecule has 4 aromatic carbocycles. The van der Waals surface area contributed by atoms with Gasteiger partial charge in [-0.1, -0.05) is 121 Å². The quantitative estimate of drug-likeness (QED) is 0.243. The van der Waals surface area contributed by atoms with E-state index in [0.717, 1.165) is 44.5 Å². The summed E-state index contributed by atoms with van der Waals surface area (Å²) in [5.74, 6) is 0.326. The van der Waals surface area contributed by atoms with Gasteiger partial charge in [0.1, 0.15) is 6.61 Å². The van der Waals surface area contributed by atoms with Crippen LogP contribution in [0.2, 0.25) is 0 Å². The van der Waals surface area contributed by atoms with Crippen LogP contribution in [0.1, 0.15) is 5.56 Å². The van der Waals surface area contributed by atoms with Gasteiger partial charge in [0.2, 0.25) is 0 Å². The fourth-order valence-corrected chi connectivity index (χ4v) is 4.81. The van der Waals surface area contributed by atoms with Gasteiger partial charge in [-0.15, -0.1) is 0 Å². The fourth-order valence-electron chi connectivity index (χ4n) is 4.81. The van der Waals surface area contributed by atoms with E-state index in [1.165, 1.54) is 0 Å². The maximum Gasteiger partial charge on any atom is 0.297 e. The SMILES string of the molecule is O=c1c(OCc2ccccc2)ccc2c(-c3ccccc3)c(-c3ccccc3)c(-c3ccccc3)cn12. The van der Waals surface area contributed by atoms with E-state index in [4.69, 9.17) is 4.74 Å². The molecule has 0 amide bonds. The Morgan fingerprint density at radius 3 is 1.65 bits per heavy atom. The number of aromatic nitrogens is 1. The molecule has 0 saturated carbocycles. The van der Waals surface area contributed by atoms with Crippen LogP contribution in [-0.2, 0) is 6.61 Å². The predicted molar refractivity (Wildman–Crippen MR) is 151 cm³/mol. The lowest BCUT2D eigenvalue weighted by atomic mass is 9.88. The van der Waals surface area contributed by atoms with Crippen LogP contribution in [0, 0.1) is 0 Å². The minimum Gasteiger partial charge on any atom is -0.483 e. The summed E-state index contributed by atoms with van der Waals surface area (Å²) in [7, 11) is 0. The Bertz CT molecular complexity index is 1710. The number of ether oxygens (including phenoxy) is 1. The molecule has 0 spiro atoms. The summed E-state index contributed by atoms with van der Waals surface area (Å²) in [6.07, 6.45) is 1.96. The first-order valence-electron chi connectivity index (χ1n) is 12.3. The van der Waals surface area contributed by atoms with E-state index in [0.29, 0.717) is 12.4 Å². The normalized spacial score (nSPS) is 10.9. The van der Waals surface area contributed by atoms with Gasteiger partial charge >= 0.3 is 0 Å². The van der Waals surface area contributed by atoms with Gasteiger partial charge < -0.3 is 4.74 Å². The van der Waals surface area contributed by atoms with Crippen LogP contribution >= 0.6 is 0 Å². The number of pyridine rings is 2. The molecule has 2 heterocycles. The third-order valence-electron chi connectivity index (χ3n) is 6.56. The third kappa shape index (κ3) is 4.43. The lowest BCUT2D eigenvalue weighted by molar-refractivity contribution is 0.301. The van der Waals surface area contributed by atoms with Crippen molar-refractivity contribution in [3.8, 4) is 39.1 Å². The molecule has 0 aliphatic carbocycles. The highest BCUT2D eigenvalue weighted by Gasteiger charge is 2.20. The molecule has 0 saturated heterocycles. The third-order valence-corrected chi connectivity index (χ3v) is 6.56. The molecule has 0 aliphatic rings. The molecule has 2 aromatic heterocycles. The molecule has 0 unspecified atom stereocenters. The summed E-state index contributed by atoms with van der Waals surface area (Å²) in [5.41, 5.74) is 7.96. The van der Waals surface area contributed by atoms with Gasteiger partial charge in [-0.25, -0.2) is 0 Å². The summed E-state index contributed by atoms with van der Waals surface area (Å²) in [5, 5.41) is 0. The van der Waals surface area contributed by atoms with E-state index in [-0.39, 0.29) is 5.56 Å². The first-order valence-corrected chi connectivity index (χ1v) is 12.3. The number of hydrogen-bond donors (Lipinski definition) is 0. The molecule has 6 aromatic rings. The van der Waals surface area contributed by atoms with Crippen LogP contribution < -0.4 is 10.3 Å². The molecule has 0 N–H and O–H groups in total. The monoisotopic (exact) mass is 479 g/mol. The van der Waals surface area contributed by atoms with Crippen molar-refractivity contribution in [3.05, 3.63) is 156 Å². The van der Waals surface area contributed by atoms with Crippen LogP contribution in [0.15, 0.2) is 144 Å².